The van der Waals surface area contributed by atoms with E-state index in [0.29, 0.717) is 19.3 Å². The van der Waals surface area contributed by atoms with Crippen molar-refractivity contribution in [3.8, 4) is 0 Å². The molecule has 0 amide bonds. The fourth-order valence-corrected chi connectivity index (χ4v) is 7.73. The van der Waals surface area contributed by atoms with Crippen LogP contribution in [0.5, 0.6) is 0 Å². The van der Waals surface area contributed by atoms with Gasteiger partial charge >= 0.3 is 17.9 Å². The molecule has 0 bridgehead atoms. The highest BCUT2D eigenvalue weighted by atomic mass is 16.6. The average Bonchev–Trinajstić information content (AvgIpc) is 3.33. The van der Waals surface area contributed by atoms with Crippen molar-refractivity contribution < 1.29 is 28.6 Å². The molecule has 6 nitrogen and oxygen atoms in total. The van der Waals surface area contributed by atoms with Gasteiger partial charge in [0.1, 0.15) is 13.2 Å². The van der Waals surface area contributed by atoms with Crippen molar-refractivity contribution in [1.29, 1.82) is 0 Å². The summed E-state index contributed by atoms with van der Waals surface area (Å²) in [5.74, 6) is -0.940. The second kappa shape index (κ2) is 55.2. The molecule has 0 aromatic carbocycles. The van der Waals surface area contributed by atoms with Gasteiger partial charge in [0.25, 0.3) is 0 Å². The number of ether oxygens (including phenoxy) is 3. The van der Waals surface area contributed by atoms with E-state index in [1.807, 2.05) is 0 Å². The van der Waals surface area contributed by atoms with Crippen LogP contribution in [0, 0.1) is 0 Å². The predicted molar refractivity (Wildman–Crippen MR) is 288 cm³/mol. The Kier molecular flexibility index (Phi) is 52.4. The zero-order valence-corrected chi connectivity index (χ0v) is 43.9. The summed E-state index contributed by atoms with van der Waals surface area (Å²) in [4.78, 5) is 38.1. The topological polar surface area (TPSA) is 78.9 Å². The normalized spacial score (nSPS) is 12.7. The van der Waals surface area contributed by atoms with Gasteiger partial charge in [0, 0.05) is 19.3 Å². The van der Waals surface area contributed by atoms with Crippen molar-refractivity contribution in [2.75, 3.05) is 13.2 Å². The highest BCUT2D eigenvalue weighted by Crippen LogP contribution is 2.14. The quantitative estimate of drug-likeness (QED) is 0.0199. The van der Waals surface area contributed by atoms with Gasteiger partial charge in [-0.05, 0) is 89.9 Å². The first-order valence-electron chi connectivity index (χ1n) is 28.2. The smallest absolute Gasteiger partial charge is 0.306 e. The van der Waals surface area contributed by atoms with E-state index in [1.54, 1.807) is 0 Å². The zero-order valence-electron chi connectivity index (χ0n) is 43.9. The SMILES string of the molecule is CC\C=C/C=C\C=C/CCCCCCCC(=O)OCC(COC(=O)CCCCCCC\C=C/C=C\C=C/CCCCCCC)OC(=O)CCCCCCC/C=C\CCCCCCCCCCC. The van der Waals surface area contributed by atoms with E-state index in [-0.39, 0.29) is 31.1 Å². The van der Waals surface area contributed by atoms with Gasteiger partial charge in [-0.3, -0.25) is 14.4 Å². The zero-order chi connectivity index (χ0) is 48.6. The molecule has 6 heteroatoms. The lowest BCUT2D eigenvalue weighted by Gasteiger charge is -2.18. The van der Waals surface area contributed by atoms with Crippen LogP contribution in [0.2, 0.25) is 0 Å². The van der Waals surface area contributed by atoms with Crippen molar-refractivity contribution in [2.24, 2.45) is 0 Å². The monoisotopic (exact) mass is 933 g/mol. The summed E-state index contributed by atoms with van der Waals surface area (Å²) < 4.78 is 16.8. The standard InChI is InChI=1S/C61H104O6/c1-4-7-10-13-16-19-22-25-27-29-31-33-36-39-42-45-48-51-54-60(63)66-57-58(56-65-59(62)53-50-47-44-41-38-35-24-21-18-15-12-9-6-3)67-61(64)55-52-49-46-43-40-37-34-32-30-28-26-23-20-17-14-11-8-5-2/h9,12,15,18,21-22,24-25,27,29,31-34,58H,4-8,10-11,13-14,16-17,19-20,23,26,28,30,35-57H2,1-3H3/b12-9-,18-15-,24-21-,25-22-,29-27-,33-31-,34-32-. The third-order valence-corrected chi connectivity index (χ3v) is 12.0. The molecule has 67 heavy (non-hydrogen) atoms. The van der Waals surface area contributed by atoms with Crippen LogP contribution in [0.4, 0.5) is 0 Å². The molecule has 0 aliphatic heterocycles. The summed E-state index contributed by atoms with van der Waals surface area (Å²) in [7, 11) is 0. The number of unbranched alkanes of at least 4 members (excludes halogenated alkanes) is 29. The largest absolute Gasteiger partial charge is 0.462 e. The Morgan fingerprint density at radius 1 is 0.313 bits per heavy atom. The Morgan fingerprint density at radius 3 is 0.940 bits per heavy atom. The summed E-state index contributed by atoms with van der Waals surface area (Å²) in [6.07, 6.45) is 71.4. The van der Waals surface area contributed by atoms with Crippen LogP contribution in [0.3, 0.4) is 0 Å². The third-order valence-electron chi connectivity index (χ3n) is 12.0. The molecule has 0 aromatic heterocycles. The molecule has 0 spiro atoms. The van der Waals surface area contributed by atoms with Crippen molar-refractivity contribution in [3.05, 3.63) is 85.1 Å². The van der Waals surface area contributed by atoms with Crippen LogP contribution >= 0.6 is 0 Å². The van der Waals surface area contributed by atoms with E-state index < -0.39 is 6.10 Å². The lowest BCUT2D eigenvalue weighted by Crippen LogP contribution is -2.30. The molecular weight excluding hydrogens is 829 g/mol. The first-order valence-corrected chi connectivity index (χ1v) is 28.2. The maximum absolute atomic E-state index is 12.8. The molecule has 0 radical (unpaired) electrons. The van der Waals surface area contributed by atoms with E-state index in [0.717, 1.165) is 122 Å². The Morgan fingerprint density at radius 2 is 0.597 bits per heavy atom. The molecule has 0 fully saturated rings. The third kappa shape index (κ3) is 53.4. The number of carbonyl (C=O) groups excluding carboxylic acids is 3. The molecule has 0 rings (SSSR count). The molecule has 1 atom stereocenters. The van der Waals surface area contributed by atoms with Crippen LogP contribution in [0.1, 0.15) is 265 Å². The van der Waals surface area contributed by atoms with Crippen molar-refractivity contribution in [1.82, 2.24) is 0 Å². The van der Waals surface area contributed by atoms with Crippen molar-refractivity contribution in [3.63, 3.8) is 0 Å². The number of esters is 3. The fraction of sp³-hybridized carbons (Fsp3) is 0.721. The van der Waals surface area contributed by atoms with Gasteiger partial charge in [-0.25, -0.2) is 0 Å². The Labute approximate surface area is 414 Å². The second-order valence-electron chi connectivity index (χ2n) is 18.6. The molecule has 0 aliphatic rings. The van der Waals surface area contributed by atoms with Gasteiger partial charge in [-0.1, -0.05) is 241 Å². The van der Waals surface area contributed by atoms with E-state index in [9.17, 15) is 14.4 Å². The molecule has 0 aliphatic carbocycles. The van der Waals surface area contributed by atoms with E-state index >= 15 is 0 Å². The predicted octanol–water partition coefficient (Wildman–Crippen LogP) is 18.8. The van der Waals surface area contributed by atoms with Gasteiger partial charge in [-0.2, -0.15) is 0 Å². The minimum Gasteiger partial charge on any atom is -0.462 e. The molecular formula is C61H104O6. The maximum Gasteiger partial charge on any atom is 0.306 e. The summed E-state index contributed by atoms with van der Waals surface area (Å²) in [6, 6.07) is 0. The van der Waals surface area contributed by atoms with Gasteiger partial charge in [0.15, 0.2) is 6.10 Å². The first-order chi connectivity index (χ1) is 33.0. The Bertz CT molecular complexity index is 1300. The first kappa shape index (κ1) is 63.6. The summed E-state index contributed by atoms with van der Waals surface area (Å²) in [5.41, 5.74) is 0. The average molecular weight is 933 g/mol. The van der Waals surface area contributed by atoms with Gasteiger partial charge in [0.2, 0.25) is 0 Å². The fourth-order valence-electron chi connectivity index (χ4n) is 7.73. The number of hydrogen-bond acceptors (Lipinski definition) is 6. The highest BCUT2D eigenvalue weighted by Gasteiger charge is 2.19. The molecule has 1 unspecified atom stereocenters. The molecule has 384 valence electrons. The number of rotatable bonds is 50. The van der Waals surface area contributed by atoms with Crippen LogP contribution < -0.4 is 0 Å². The van der Waals surface area contributed by atoms with Gasteiger partial charge < -0.3 is 14.2 Å². The Balaban J connectivity index is 4.44. The number of hydrogen-bond donors (Lipinski definition) is 0. The highest BCUT2D eigenvalue weighted by molar-refractivity contribution is 5.71. The minimum absolute atomic E-state index is 0.0974. The van der Waals surface area contributed by atoms with E-state index in [4.69, 9.17) is 14.2 Å². The van der Waals surface area contributed by atoms with Crippen LogP contribution in [0.15, 0.2) is 85.1 Å². The molecule has 0 N–H and O–H groups in total. The lowest BCUT2D eigenvalue weighted by atomic mass is 10.1. The van der Waals surface area contributed by atoms with Gasteiger partial charge in [-0.15, -0.1) is 0 Å². The Hall–Kier alpha value is -3.41. The lowest BCUT2D eigenvalue weighted by molar-refractivity contribution is -0.167. The molecule has 0 aromatic rings. The van der Waals surface area contributed by atoms with Crippen molar-refractivity contribution in [2.45, 2.75) is 271 Å². The second-order valence-corrected chi connectivity index (χ2v) is 18.6. The van der Waals surface area contributed by atoms with Crippen molar-refractivity contribution >= 4 is 17.9 Å². The number of allylic oxidation sites excluding steroid dienone is 14. The molecule has 0 saturated heterocycles. The molecule has 0 heterocycles. The summed E-state index contributed by atoms with van der Waals surface area (Å²) in [5, 5.41) is 0. The minimum atomic E-state index is -0.799. The summed E-state index contributed by atoms with van der Waals surface area (Å²) in [6.45, 7) is 6.46. The summed E-state index contributed by atoms with van der Waals surface area (Å²) >= 11 is 0. The number of carbonyl (C=O) groups is 3. The van der Waals surface area contributed by atoms with Gasteiger partial charge in [0.05, 0.1) is 0 Å². The van der Waals surface area contributed by atoms with Crippen LogP contribution in [-0.2, 0) is 28.6 Å². The maximum atomic E-state index is 12.8. The van der Waals surface area contributed by atoms with E-state index in [1.165, 1.54) is 103 Å². The molecule has 0 saturated carbocycles. The van der Waals surface area contributed by atoms with Crippen LogP contribution in [0.25, 0.3) is 0 Å². The van der Waals surface area contributed by atoms with Crippen LogP contribution in [-0.4, -0.2) is 37.2 Å². The van der Waals surface area contributed by atoms with E-state index in [2.05, 4.69) is 106 Å².